The molecular formula is C18H23N5O2. The number of nitrogens with zero attached hydrogens (tertiary/aromatic N) is 5. The minimum absolute atomic E-state index is 0.753. The minimum Gasteiger partial charge on any atom is -0.493 e. The molecular weight excluding hydrogens is 318 g/mol. The summed E-state index contributed by atoms with van der Waals surface area (Å²) in [5.74, 6) is 2.43. The smallest absolute Gasteiger partial charge is 0.163 e. The van der Waals surface area contributed by atoms with Crippen molar-refractivity contribution in [3.63, 3.8) is 0 Å². The first-order valence-electron chi connectivity index (χ1n) is 8.18. The van der Waals surface area contributed by atoms with Gasteiger partial charge in [0.1, 0.15) is 12.1 Å². The quantitative estimate of drug-likeness (QED) is 0.658. The lowest BCUT2D eigenvalue weighted by molar-refractivity contribution is 0.354. The van der Waals surface area contributed by atoms with E-state index in [0.29, 0.717) is 0 Å². The molecule has 1 aromatic carbocycles. The van der Waals surface area contributed by atoms with Crippen LogP contribution in [0.2, 0.25) is 0 Å². The maximum atomic E-state index is 5.36. The third-order valence-corrected chi connectivity index (χ3v) is 4.28. The van der Waals surface area contributed by atoms with Crippen molar-refractivity contribution in [2.24, 2.45) is 7.05 Å². The van der Waals surface area contributed by atoms with E-state index in [1.54, 1.807) is 25.2 Å². The summed E-state index contributed by atoms with van der Waals surface area (Å²) in [5, 5.41) is 5.23. The Morgan fingerprint density at radius 2 is 1.92 bits per heavy atom. The van der Waals surface area contributed by atoms with Gasteiger partial charge in [0.05, 0.1) is 25.8 Å². The van der Waals surface area contributed by atoms with Crippen LogP contribution in [0.5, 0.6) is 11.5 Å². The van der Waals surface area contributed by atoms with Crippen molar-refractivity contribution in [3.05, 3.63) is 36.3 Å². The van der Waals surface area contributed by atoms with Gasteiger partial charge in [0.15, 0.2) is 17.1 Å². The van der Waals surface area contributed by atoms with Gasteiger partial charge in [0.25, 0.3) is 0 Å². The predicted octanol–water partition coefficient (Wildman–Crippen LogP) is 2.45. The third kappa shape index (κ3) is 3.50. The second-order valence-corrected chi connectivity index (χ2v) is 5.92. The molecule has 2 heterocycles. The molecule has 7 heteroatoms. The molecule has 0 atom stereocenters. The van der Waals surface area contributed by atoms with Gasteiger partial charge in [-0.15, -0.1) is 0 Å². The van der Waals surface area contributed by atoms with Gasteiger partial charge in [0.2, 0.25) is 0 Å². The summed E-state index contributed by atoms with van der Waals surface area (Å²) in [4.78, 5) is 10.9. The number of ether oxygens (including phenoxy) is 2. The van der Waals surface area contributed by atoms with E-state index in [9.17, 15) is 0 Å². The maximum absolute atomic E-state index is 5.36. The summed E-state index contributed by atoms with van der Waals surface area (Å²) < 4.78 is 12.4. The van der Waals surface area contributed by atoms with E-state index in [2.05, 4.69) is 26.0 Å². The van der Waals surface area contributed by atoms with Crippen molar-refractivity contribution < 1.29 is 9.47 Å². The Morgan fingerprint density at radius 1 is 1.12 bits per heavy atom. The maximum Gasteiger partial charge on any atom is 0.163 e. The van der Waals surface area contributed by atoms with E-state index in [-0.39, 0.29) is 0 Å². The second-order valence-electron chi connectivity index (χ2n) is 5.92. The molecule has 7 nitrogen and oxygen atoms in total. The molecule has 25 heavy (non-hydrogen) atoms. The Labute approximate surface area is 147 Å². The fourth-order valence-electron chi connectivity index (χ4n) is 2.92. The minimum atomic E-state index is 0.753. The van der Waals surface area contributed by atoms with Crippen LogP contribution < -0.4 is 14.4 Å². The fourth-order valence-corrected chi connectivity index (χ4v) is 2.92. The molecule has 0 amide bonds. The molecule has 0 unspecified atom stereocenters. The summed E-state index contributed by atoms with van der Waals surface area (Å²) in [5.41, 5.74) is 2.07. The normalized spacial score (nSPS) is 10.9. The number of aryl methyl sites for hydroxylation is 2. The second kappa shape index (κ2) is 7.38. The monoisotopic (exact) mass is 341 g/mol. The van der Waals surface area contributed by atoms with Gasteiger partial charge in [0, 0.05) is 20.6 Å². The highest BCUT2D eigenvalue weighted by atomic mass is 16.5. The average Bonchev–Trinajstić information content (AvgIpc) is 3.02. The molecule has 0 saturated heterocycles. The lowest BCUT2D eigenvalue weighted by atomic mass is 10.1. The summed E-state index contributed by atoms with van der Waals surface area (Å²) >= 11 is 0. The molecule has 0 fully saturated rings. The zero-order valence-corrected chi connectivity index (χ0v) is 15.1. The van der Waals surface area contributed by atoms with E-state index in [4.69, 9.17) is 9.47 Å². The van der Waals surface area contributed by atoms with Crippen molar-refractivity contribution in [2.45, 2.75) is 12.8 Å². The Morgan fingerprint density at radius 3 is 2.68 bits per heavy atom. The molecule has 0 aliphatic heterocycles. The van der Waals surface area contributed by atoms with Crippen molar-refractivity contribution in [3.8, 4) is 11.5 Å². The summed E-state index contributed by atoms with van der Waals surface area (Å²) in [6, 6.07) is 6.05. The van der Waals surface area contributed by atoms with Crippen molar-refractivity contribution in [1.82, 2.24) is 19.7 Å². The molecule has 2 aromatic heterocycles. The number of hydrogen-bond donors (Lipinski definition) is 0. The lowest BCUT2D eigenvalue weighted by Crippen LogP contribution is -2.20. The van der Waals surface area contributed by atoms with Gasteiger partial charge in [-0.25, -0.2) is 9.97 Å². The first kappa shape index (κ1) is 17.0. The molecule has 0 N–H and O–H groups in total. The van der Waals surface area contributed by atoms with Gasteiger partial charge >= 0.3 is 0 Å². The Balaban J connectivity index is 1.65. The zero-order chi connectivity index (χ0) is 17.8. The lowest BCUT2D eigenvalue weighted by Gasteiger charge is -2.18. The van der Waals surface area contributed by atoms with Crippen LogP contribution in [0.1, 0.15) is 12.0 Å². The zero-order valence-electron chi connectivity index (χ0n) is 15.1. The van der Waals surface area contributed by atoms with Gasteiger partial charge in [-0.1, -0.05) is 6.07 Å². The van der Waals surface area contributed by atoms with Crippen LogP contribution in [-0.4, -0.2) is 47.6 Å². The number of benzene rings is 1. The Kier molecular flexibility index (Phi) is 5.02. The van der Waals surface area contributed by atoms with Crippen LogP contribution >= 0.6 is 0 Å². The summed E-state index contributed by atoms with van der Waals surface area (Å²) in [6.45, 7) is 0.884. The number of rotatable bonds is 7. The molecule has 0 aliphatic rings. The topological polar surface area (TPSA) is 65.3 Å². The van der Waals surface area contributed by atoms with Gasteiger partial charge < -0.3 is 14.4 Å². The number of methoxy groups -OCH3 is 2. The number of hydrogen-bond acceptors (Lipinski definition) is 6. The summed E-state index contributed by atoms with van der Waals surface area (Å²) in [7, 11) is 7.23. The first-order valence-corrected chi connectivity index (χ1v) is 8.18. The van der Waals surface area contributed by atoms with Gasteiger partial charge in [-0.3, -0.25) is 4.68 Å². The largest absolute Gasteiger partial charge is 0.493 e. The van der Waals surface area contributed by atoms with E-state index in [1.165, 1.54) is 5.56 Å². The van der Waals surface area contributed by atoms with Crippen LogP contribution in [0.3, 0.4) is 0 Å². The average molecular weight is 341 g/mol. The highest BCUT2D eigenvalue weighted by Gasteiger charge is 2.12. The molecule has 3 aromatic rings. The molecule has 0 spiro atoms. The standard InChI is InChI=1S/C18H23N5O2/c1-22(17-14-11-21-23(2)18(14)20-12-19-17)9-5-6-13-7-8-15(24-3)16(10-13)25-4/h7-8,10-12H,5-6,9H2,1-4H3. The van der Waals surface area contributed by atoms with Crippen LogP contribution in [0.15, 0.2) is 30.7 Å². The van der Waals surface area contributed by atoms with Crippen LogP contribution in [-0.2, 0) is 13.5 Å². The van der Waals surface area contributed by atoms with Crippen LogP contribution in [0, 0.1) is 0 Å². The van der Waals surface area contributed by atoms with Gasteiger partial charge in [-0.05, 0) is 30.5 Å². The SMILES string of the molecule is COc1ccc(CCCN(C)c2ncnc3c2cnn3C)cc1OC. The van der Waals surface area contributed by atoms with E-state index >= 15 is 0 Å². The molecule has 132 valence electrons. The number of anilines is 1. The number of aromatic nitrogens is 4. The Hall–Kier alpha value is -2.83. The van der Waals surface area contributed by atoms with Crippen LogP contribution in [0.25, 0.3) is 11.0 Å². The molecule has 0 radical (unpaired) electrons. The van der Waals surface area contributed by atoms with E-state index in [1.807, 2.05) is 32.4 Å². The fraction of sp³-hybridized carbons (Fsp3) is 0.389. The van der Waals surface area contributed by atoms with Crippen LogP contribution in [0.4, 0.5) is 5.82 Å². The predicted molar refractivity (Wildman–Crippen MR) is 97.4 cm³/mol. The van der Waals surface area contributed by atoms with Crippen molar-refractivity contribution in [1.29, 1.82) is 0 Å². The van der Waals surface area contributed by atoms with E-state index < -0.39 is 0 Å². The van der Waals surface area contributed by atoms with Gasteiger partial charge in [-0.2, -0.15) is 5.10 Å². The third-order valence-electron chi connectivity index (χ3n) is 4.28. The highest BCUT2D eigenvalue weighted by molar-refractivity contribution is 5.86. The summed E-state index contributed by atoms with van der Waals surface area (Å²) in [6.07, 6.45) is 5.35. The van der Waals surface area contributed by atoms with Crippen molar-refractivity contribution in [2.75, 3.05) is 32.7 Å². The van der Waals surface area contributed by atoms with E-state index in [0.717, 1.165) is 47.7 Å². The molecule has 3 rings (SSSR count). The molecule has 0 saturated carbocycles. The molecule has 0 aliphatic carbocycles. The van der Waals surface area contributed by atoms with Crippen molar-refractivity contribution >= 4 is 16.9 Å². The molecule has 0 bridgehead atoms. The number of fused-ring (bicyclic) bond motifs is 1. The highest BCUT2D eigenvalue weighted by Crippen LogP contribution is 2.28. The Bertz CT molecular complexity index is 862. The first-order chi connectivity index (χ1) is 12.1.